The van der Waals surface area contributed by atoms with Crippen LogP contribution in [0.1, 0.15) is 32.4 Å². The van der Waals surface area contributed by atoms with Gasteiger partial charge < -0.3 is 15.5 Å². The fraction of sp³-hybridized carbons (Fsp3) is 0.647. The molecule has 0 aromatic heterocycles. The standard InChI is InChI=1S/C17H29N3/c1-4-19-10-12-20(13-11-19)14-17(2,3)16(18)15-8-6-5-7-9-15/h5-9,16H,4,10-14,18H2,1-3H3. The summed E-state index contributed by atoms with van der Waals surface area (Å²) >= 11 is 0. The first kappa shape index (κ1) is 15.5. The van der Waals surface area contributed by atoms with Crippen molar-refractivity contribution in [1.82, 2.24) is 9.80 Å². The van der Waals surface area contributed by atoms with Crippen molar-refractivity contribution in [3.05, 3.63) is 35.9 Å². The van der Waals surface area contributed by atoms with Gasteiger partial charge in [0.2, 0.25) is 0 Å². The second kappa shape index (κ2) is 6.70. The molecule has 3 heteroatoms. The van der Waals surface area contributed by atoms with Gasteiger partial charge in [0, 0.05) is 38.8 Å². The topological polar surface area (TPSA) is 32.5 Å². The third kappa shape index (κ3) is 3.81. The van der Waals surface area contributed by atoms with E-state index in [0.29, 0.717) is 0 Å². The third-order valence-corrected chi connectivity index (χ3v) is 4.54. The van der Waals surface area contributed by atoms with Crippen LogP contribution in [-0.4, -0.2) is 49.1 Å². The molecule has 1 aromatic carbocycles. The Morgan fingerprint density at radius 2 is 1.60 bits per heavy atom. The van der Waals surface area contributed by atoms with Crippen molar-refractivity contribution in [2.75, 3.05) is 39.3 Å². The minimum atomic E-state index is 0.0907. The Labute approximate surface area is 123 Å². The molecule has 1 aliphatic rings. The second-order valence-electron chi connectivity index (χ2n) is 6.59. The summed E-state index contributed by atoms with van der Waals surface area (Å²) in [5.41, 5.74) is 7.84. The molecule has 2 N–H and O–H groups in total. The molecule has 0 radical (unpaired) electrons. The molecule has 20 heavy (non-hydrogen) atoms. The lowest BCUT2D eigenvalue weighted by atomic mass is 9.80. The first-order valence-corrected chi connectivity index (χ1v) is 7.78. The highest BCUT2D eigenvalue weighted by atomic mass is 15.3. The Bertz CT molecular complexity index is 394. The maximum absolute atomic E-state index is 6.51. The van der Waals surface area contributed by atoms with Gasteiger partial charge in [-0.3, -0.25) is 0 Å². The molecule has 0 spiro atoms. The smallest absolute Gasteiger partial charge is 0.0359 e. The van der Waals surface area contributed by atoms with E-state index in [0.717, 1.165) is 6.54 Å². The minimum Gasteiger partial charge on any atom is -0.323 e. The van der Waals surface area contributed by atoms with Gasteiger partial charge in [0.25, 0.3) is 0 Å². The summed E-state index contributed by atoms with van der Waals surface area (Å²) in [5.74, 6) is 0. The molecule has 112 valence electrons. The molecule has 1 heterocycles. The normalized spacial score (nSPS) is 20.0. The highest BCUT2D eigenvalue weighted by Crippen LogP contribution is 2.32. The van der Waals surface area contributed by atoms with Gasteiger partial charge >= 0.3 is 0 Å². The molecule has 0 aliphatic carbocycles. The Morgan fingerprint density at radius 1 is 1.05 bits per heavy atom. The third-order valence-electron chi connectivity index (χ3n) is 4.54. The van der Waals surface area contributed by atoms with Crippen LogP contribution in [0.25, 0.3) is 0 Å². The van der Waals surface area contributed by atoms with Crippen molar-refractivity contribution in [2.45, 2.75) is 26.8 Å². The number of piperazine rings is 1. The van der Waals surface area contributed by atoms with Crippen LogP contribution in [-0.2, 0) is 0 Å². The molecule has 1 saturated heterocycles. The van der Waals surface area contributed by atoms with Crippen molar-refractivity contribution >= 4 is 0 Å². The van der Waals surface area contributed by atoms with E-state index < -0.39 is 0 Å². The Morgan fingerprint density at radius 3 is 2.15 bits per heavy atom. The molecule has 0 bridgehead atoms. The second-order valence-corrected chi connectivity index (χ2v) is 6.59. The van der Waals surface area contributed by atoms with Gasteiger partial charge in [0.05, 0.1) is 0 Å². The zero-order valence-corrected chi connectivity index (χ0v) is 13.2. The maximum Gasteiger partial charge on any atom is 0.0359 e. The number of benzene rings is 1. The molecule has 1 fully saturated rings. The predicted molar refractivity (Wildman–Crippen MR) is 85.7 cm³/mol. The maximum atomic E-state index is 6.51. The summed E-state index contributed by atoms with van der Waals surface area (Å²) in [7, 11) is 0. The number of hydrogen-bond donors (Lipinski definition) is 1. The van der Waals surface area contributed by atoms with E-state index in [1.54, 1.807) is 0 Å². The first-order valence-electron chi connectivity index (χ1n) is 7.78. The molecular weight excluding hydrogens is 246 g/mol. The molecule has 1 unspecified atom stereocenters. The van der Waals surface area contributed by atoms with Gasteiger partial charge in [-0.05, 0) is 17.5 Å². The van der Waals surface area contributed by atoms with E-state index in [-0.39, 0.29) is 11.5 Å². The van der Waals surface area contributed by atoms with Crippen LogP contribution in [0, 0.1) is 5.41 Å². The van der Waals surface area contributed by atoms with Gasteiger partial charge in [-0.15, -0.1) is 0 Å². The fourth-order valence-electron chi connectivity index (χ4n) is 3.05. The zero-order chi connectivity index (χ0) is 14.6. The highest BCUT2D eigenvalue weighted by Gasteiger charge is 2.31. The Hall–Kier alpha value is -0.900. The van der Waals surface area contributed by atoms with E-state index >= 15 is 0 Å². The summed E-state index contributed by atoms with van der Waals surface area (Å²) in [4.78, 5) is 5.08. The number of rotatable bonds is 5. The van der Waals surface area contributed by atoms with Gasteiger partial charge in [-0.2, -0.15) is 0 Å². The monoisotopic (exact) mass is 275 g/mol. The highest BCUT2D eigenvalue weighted by molar-refractivity contribution is 5.20. The lowest BCUT2D eigenvalue weighted by molar-refractivity contribution is 0.0892. The molecule has 1 aromatic rings. The van der Waals surface area contributed by atoms with E-state index in [2.05, 4.69) is 54.8 Å². The van der Waals surface area contributed by atoms with Crippen LogP contribution >= 0.6 is 0 Å². The average Bonchev–Trinajstić information content (AvgIpc) is 2.48. The predicted octanol–water partition coefficient (Wildman–Crippen LogP) is 2.35. The Kier molecular flexibility index (Phi) is 5.19. The fourth-order valence-corrected chi connectivity index (χ4v) is 3.05. The number of nitrogens with two attached hydrogens (primary N) is 1. The summed E-state index contributed by atoms with van der Waals surface area (Å²) in [6.45, 7) is 13.8. The van der Waals surface area contributed by atoms with E-state index in [4.69, 9.17) is 5.73 Å². The van der Waals surface area contributed by atoms with Crippen molar-refractivity contribution in [2.24, 2.45) is 11.1 Å². The number of likely N-dealkylation sites (N-methyl/N-ethyl adjacent to an activating group) is 1. The van der Waals surface area contributed by atoms with Crippen LogP contribution in [0.2, 0.25) is 0 Å². The summed E-state index contributed by atoms with van der Waals surface area (Å²) in [6, 6.07) is 10.6. The molecule has 0 saturated carbocycles. The van der Waals surface area contributed by atoms with Crippen molar-refractivity contribution < 1.29 is 0 Å². The summed E-state index contributed by atoms with van der Waals surface area (Å²) in [5, 5.41) is 0. The Balaban J connectivity index is 1.94. The molecule has 3 nitrogen and oxygen atoms in total. The summed E-state index contributed by atoms with van der Waals surface area (Å²) < 4.78 is 0. The molecule has 1 aliphatic heterocycles. The van der Waals surface area contributed by atoms with E-state index in [1.165, 1.54) is 38.3 Å². The van der Waals surface area contributed by atoms with E-state index in [1.807, 2.05) is 6.07 Å². The number of nitrogens with zero attached hydrogens (tertiary/aromatic N) is 2. The minimum absolute atomic E-state index is 0.0907. The molecule has 0 amide bonds. The van der Waals surface area contributed by atoms with Gasteiger partial charge in [0.15, 0.2) is 0 Å². The van der Waals surface area contributed by atoms with Crippen molar-refractivity contribution in [1.29, 1.82) is 0 Å². The molecule has 2 rings (SSSR count). The number of hydrogen-bond acceptors (Lipinski definition) is 3. The van der Waals surface area contributed by atoms with Crippen molar-refractivity contribution in [3.63, 3.8) is 0 Å². The van der Waals surface area contributed by atoms with Gasteiger partial charge in [0.1, 0.15) is 0 Å². The lowest BCUT2D eigenvalue weighted by Gasteiger charge is -2.41. The van der Waals surface area contributed by atoms with Crippen LogP contribution in [0.15, 0.2) is 30.3 Å². The van der Waals surface area contributed by atoms with Crippen LogP contribution in [0.5, 0.6) is 0 Å². The first-order chi connectivity index (χ1) is 9.53. The molecule has 1 atom stereocenters. The van der Waals surface area contributed by atoms with Gasteiger partial charge in [-0.25, -0.2) is 0 Å². The van der Waals surface area contributed by atoms with Crippen LogP contribution in [0.4, 0.5) is 0 Å². The van der Waals surface area contributed by atoms with Gasteiger partial charge in [-0.1, -0.05) is 51.1 Å². The molecular formula is C17H29N3. The quantitative estimate of drug-likeness (QED) is 0.895. The average molecular weight is 275 g/mol. The lowest BCUT2D eigenvalue weighted by Crippen LogP contribution is -2.50. The zero-order valence-electron chi connectivity index (χ0n) is 13.2. The van der Waals surface area contributed by atoms with Crippen LogP contribution in [0.3, 0.4) is 0 Å². The van der Waals surface area contributed by atoms with Crippen molar-refractivity contribution in [3.8, 4) is 0 Å². The summed E-state index contributed by atoms with van der Waals surface area (Å²) in [6.07, 6.45) is 0. The largest absolute Gasteiger partial charge is 0.323 e. The SMILES string of the molecule is CCN1CCN(CC(C)(C)C(N)c2ccccc2)CC1. The van der Waals surface area contributed by atoms with E-state index in [9.17, 15) is 0 Å². The van der Waals surface area contributed by atoms with Crippen LogP contribution < -0.4 is 5.73 Å².